The average Bonchev–Trinajstić information content (AvgIpc) is 3.14. The summed E-state index contributed by atoms with van der Waals surface area (Å²) in [5.74, 6) is -2.67. The van der Waals surface area contributed by atoms with E-state index in [2.05, 4.69) is 20.8 Å². The van der Waals surface area contributed by atoms with E-state index in [1.807, 2.05) is 0 Å². The van der Waals surface area contributed by atoms with E-state index in [0.717, 1.165) is 18.5 Å². The number of carboxylic acids is 1. The lowest BCUT2D eigenvalue weighted by molar-refractivity contribution is -0.864. The molecule has 1 aromatic heterocycles. The van der Waals surface area contributed by atoms with Crippen LogP contribution < -0.4 is 9.67 Å². The Bertz CT molecular complexity index is 567. The monoisotopic (exact) mass is 465 g/mol. The summed E-state index contributed by atoms with van der Waals surface area (Å²) in [7, 11) is -1.26. The minimum absolute atomic E-state index is 0.267. The fourth-order valence-corrected chi connectivity index (χ4v) is 7.75. The fraction of sp³-hybridized carbons (Fsp3) is 0.789. The zero-order valence-corrected chi connectivity index (χ0v) is 18.6. The highest BCUT2D eigenvalue weighted by Crippen LogP contribution is 2.60. The second kappa shape index (κ2) is 13.2. The summed E-state index contributed by atoms with van der Waals surface area (Å²) in [6.07, 6.45) is 1.67. The standard InChI is InChI=1S/C14H29O2P.C5H2F6N2/c1-4-7-10-17(11-8-5-2,12-9-6-3)13-14(15)16;6-4(7,8)3-12-1-2-13(3)5(9,10)11/h4-13H2,1-3H3;1-2H/p+1. The van der Waals surface area contributed by atoms with Crippen molar-refractivity contribution in [2.24, 2.45) is 0 Å². The van der Waals surface area contributed by atoms with Gasteiger partial charge in [-0.3, -0.25) is 0 Å². The number of H-pyrrole nitrogens is 1. The van der Waals surface area contributed by atoms with Gasteiger partial charge in [-0.15, -0.1) is 17.7 Å². The average molecular weight is 465 g/mol. The number of halogens is 6. The smallest absolute Gasteiger partial charge is 0.546 e. The number of nitrogens with one attached hydrogen (secondary N) is 1. The molecule has 0 amide bonds. The Balaban J connectivity index is 0.000000579. The van der Waals surface area contributed by atoms with Crippen molar-refractivity contribution in [2.45, 2.75) is 71.8 Å². The van der Waals surface area contributed by atoms with Crippen molar-refractivity contribution in [1.82, 2.24) is 4.98 Å². The van der Waals surface area contributed by atoms with Crippen LogP contribution in [0.2, 0.25) is 0 Å². The summed E-state index contributed by atoms with van der Waals surface area (Å²) in [4.78, 5) is 12.5. The van der Waals surface area contributed by atoms with Crippen molar-refractivity contribution in [3.8, 4) is 0 Å². The van der Waals surface area contributed by atoms with Crippen LogP contribution in [0, 0.1) is 0 Å². The minimum atomic E-state index is -5.06. The van der Waals surface area contributed by atoms with Gasteiger partial charge in [-0.2, -0.15) is 13.2 Å². The summed E-state index contributed by atoms with van der Waals surface area (Å²) >= 11 is 0. The molecule has 0 aliphatic carbocycles. The molecule has 30 heavy (non-hydrogen) atoms. The molecule has 0 aromatic carbocycles. The van der Waals surface area contributed by atoms with Gasteiger partial charge in [0.25, 0.3) is 0 Å². The van der Waals surface area contributed by atoms with Gasteiger partial charge in [-0.05, 0) is 19.3 Å². The van der Waals surface area contributed by atoms with Gasteiger partial charge in [-0.1, -0.05) is 40.0 Å². The number of carbonyl (C=O) groups excluding carboxylic acids is 1. The van der Waals surface area contributed by atoms with Crippen LogP contribution in [-0.4, -0.2) is 35.6 Å². The third kappa shape index (κ3) is 10.6. The fourth-order valence-electron chi connectivity index (χ4n) is 3.09. The van der Waals surface area contributed by atoms with Gasteiger partial charge in [0.2, 0.25) is 0 Å². The second-order valence-corrected chi connectivity index (χ2v) is 11.6. The molecule has 0 saturated carbocycles. The lowest BCUT2D eigenvalue weighted by Crippen LogP contribution is -2.51. The number of aromatic amines is 1. The van der Waals surface area contributed by atoms with Crippen LogP contribution in [0.25, 0.3) is 0 Å². The van der Waals surface area contributed by atoms with E-state index in [9.17, 15) is 36.2 Å². The third-order valence-corrected chi connectivity index (χ3v) is 9.37. The van der Waals surface area contributed by atoms with Gasteiger partial charge < -0.3 is 9.90 Å². The van der Waals surface area contributed by atoms with Crippen molar-refractivity contribution in [3.63, 3.8) is 0 Å². The van der Waals surface area contributed by atoms with Gasteiger partial charge in [0.1, 0.15) is 12.4 Å². The predicted molar refractivity (Wildman–Crippen MR) is 103 cm³/mol. The lowest BCUT2D eigenvalue weighted by Gasteiger charge is -2.28. The summed E-state index contributed by atoms with van der Waals surface area (Å²) in [6.45, 7) is 6.56. The van der Waals surface area contributed by atoms with Crippen LogP contribution in [0.15, 0.2) is 12.4 Å². The molecule has 4 nitrogen and oxygen atoms in total. The summed E-state index contributed by atoms with van der Waals surface area (Å²) in [5.41, 5.74) is 0. The summed E-state index contributed by atoms with van der Waals surface area (Å²) in [6, 6.07) is 0. The number of hydrogen-bond donors (Lipinski definition) is 1. The Hall–Kier alpha value is -1.31. The van der Waals surface area contributed by atoms with Gasteiger partial charge in [0.05, 0.1) is 30.6 Å². The molecule has 0 spiro atoms. The van der Waals surface area contributed by atoms with Crippen LogP contribution in [0.3, 0.4) is 0 Å². The lowest BCUT2D eigenvalue weighted by atomic mass is 10.4. The molecule has 1 heterocycles. The van der Waals surface area contributed by atoms with Gasteiger partial charge in [-0.25, -0.2) is 4.98 Å². The first-order valence-electron chi connectivity index (χ1n) is 10.1. The van der Waals surface area contributed by atoms with Crippen LogP contribution in [0.4, 0.5) is 26.3 Å². The van der Waals surface area contributed by atoms with E-state index >= 15 is 0 Å². The number of carboxylic acid groups (broad SMARTS) is 1. The number of imidazole rings is 1. The van der Waals surface area contributed by atoms with Gasteiger partial charge >= 0.3 is 18.3 Å². The molecule has 0 unspecified atom stereocenters. The Morgan fingerprint density at radius 2 is 1.40 bits per heavy atom. The molecular formula is C19H32F6N2O2P+. The molecule has 1 rings (SSSR count). The SMILES string of the molecule is CCCC[P+](CCCC)(CCCC)CC(=O)[O-].FC(F)(F)c1[nH]cc[n+]1C(F)(F)F. The number of alkyl halides is 6. The van der Waals surface area contributed by atoms with E-state index in [1.165, 1.54) is 43.5 Å². The number of rotatable bonds is 11. The number of unbranched alkanes of at least 4 members (excludes halogenated alkanes) is 3. The van der Waals surface area contributed by atoms with Gasteiger partial charge in [0.15, 0.2) is 0 Å². The number of aromatic nitrogens is 2. The van der Waals surface area contributed by atoms with Crippen LogP contribution in [0.1, 0.15) is 65.1 Å². The molecular weight excluding hydrogens is 433 g/mol. The Morgan fingerprint density at radius 3 is 1.67 bits per heavy atom. The molecule has 0 aliphatic rings. The Labute approximate surface area is 174 Å². The topological polar surface area (TPSA) is 59.8 Å². The summed E-state index contributed by atoms with van der Waals surface area (Å²) in [5, 5.41) is 11.0. The first kappa shape index (κ1) is 28.7. The third-order valence-electron chi connectivity index (χ3n) is 4.65. The number of nitrogens with zero attached hydrogens (tertiary/aromatic N) is 1. The van der Waals surface area contributed by atoms with Crippen molar-refractivity contribution in [2.75, 3.05) is 24.6 Å². The van der Waals surface area contributed by atoms with Crippen LogP contribution in [-0.2, 0) is 17.3 Å². The van der Waals surface area contributed by atoms with Crippen molar-refractivity contribution in [3.05, 3.63) is 18.2 Å². The second-order valence-electron chi connectivity index (χ2n) is 7.25. The zero-order chi connectivity index (χ0) is 23.4. The Morgan fingerprint density at radius 1 is 0.967 bits per heavy atom. The van der Waals surface area contributed by atoms with Gasteiger partial charge in [0, 0.05) is 7.26 Å². The highest BCUT2D eigenvalue weighted by molar-refractivity contribution is 7.76. The van der Waals surface area contributed by atoms with Crippen LogP contribution in [0.5, 0.6) is 0 Å². The number of aliphatic carboxylic acids is 1. The van der Waals surface area contributed by atoms with E-state index < -0.39 is 36.1 Å². The van der Waals surface area contributed by atoms with Crippen molar-refractivity contribution < 1.29 is 40.8 Å². The molecule has 0 atom stereocenters. The van der Waals surface area contributed by atoms with Crippen molar-refractivity contribution >= 4 is 13.2 Å². The maximum absolute atomic E-state index is 11.9. The number of carbonyl (C=O) groups is 1. The Kier molecular flexibility index (Phi) is 12.6. The predicted octanol–water partition coefficient (Wildman–Crippen LogP) is 4.95. The van der Waals surface area contributed by atoms with E-state index in [-0.39, 0.29) is 6.20 Å². The maximum Gasteiger partial charge on any atom is 0.567 e. The molecule has 0 bridgehead atoms. The minimum Gasteiger partial charge on any atom is -0.546 e. The molecule has 0 saturated heterocycles. The molecule has 1 N–H and O–H groups in total. The van der Waals surface area contributed by atoms with E-state index in [1.54, 1.807) is 0 Å². The molecule has 0 fully saturated rings. The molecule has 0 aliphatic heterocycles. The molecule has 176 valence electrons. The first-order chi connectivity index (χ1) is 13.8. The number of hydrogen-bond acceptors (Lipinski definition) is 2. The highest BCUT2D eigenvalue weighted by atomic mass is 31.2. The largest absolute Gasteiger partial charge is 0.567 e. The molecule has 11 heteroatoms. The first-order valence-corrected chi connectivity index (χ1v) is 12.6. The maximum atomic E-state index is 11.9. The van der Waals surface area contributed by atoms with Crippen LogP contribution >= 0.6 is 7.26 Å². The zero-order valence-electron chi connectivity index (χ0n) is 17.7. The molecule has 0 radical (unpaired) electrons. The highest BCUT2D eigenvalue weighted by Gasteiger charge is 2.50. The normalized spacial score (nSPS) is 12.4. The van der Waals surface area contributed by atoms with E-state index in [4.69, 9.17) is 0 Å². The van der Waals surface area contributed by atoms with E-state index in [0.29, 0.717) is 12.4 Å². The summed E-state index contributed by atoms with van der Waals surface area (Å²) < 4.78 is 70.3. The van der Waals surface area contributed by atoms with Crippen molar-refractivity contribution in [1.29, 1.82) is 0 Å². The molecule has 1 aromatic rings. The quantitative estimate of drug-likeness (QED) is 0.286.